The van der Waals surface area contributed by atoms with E-state index in [1.54, 1.807) is 0 Å². The maximum Gasteiger partial charge on any atom is 0.233 e. The molecule has 84 valence electrons. The number of carbonyl (C=O) groups is 1. The van der Waals surface area contributed by atoms with Gasteiger partial charge in [0.15, 0.2) is 0 Å². The SMILES string of the molecule is CC(C)CNC(=O)CNCCN(C)C. The summed E-state index contributed by atoms with van der Waals surface area (Å²) in [6.07, 6.45) is 0. The van der Waals surface area contributed by atoms with Gasteiger partial charge in [0.05, 0.1) is 6.54 Å². The van der Waals surface area contributed by atoms with Crippen molar-refractivity contribution in [1.82, 2.24) is 15.5 Å². The third kappa shape index (κ3) is 9.48. The molecule has 2 N–H and O–H groups in total. The van der Waals surface area contributed by atoms with Crippen LogP contribution in [-0.4, -0.2) is 51.1 Å². The lowest BCUT2D eigenvalue weighted by molar-refractivity contribution is -0.120. The number of amides is 1. The van der Waals surface area contributed by atoms with E-state index >= 15 is 0 Å². The van der Waals surface area contributed by atoms with Crippen LogP contribution in [-0.2, 0) is 4.79 Å². The summed E-state index contributed by atoms with van der Waals surface area (Å²) in [5.41, 5.74) is 0. The van der Waals surface area contributed by atoms with Gasteiger partial charge in [0.1, 0.15) is 0 Å². The van der Waals surface area contributed by atoms with E-state index in [2.05, 4.69) is 29.4 Å². The van der Waals surface area contributed by atoms with Crippen molar-refractivity contribution in [3.63, 3.8) is 0 Å². The van der Waals surface area contributed by atoms with Crippen LogP contribution in [0.1, 0.15) is 13.8 Å². The molecule has 0 radical (unpaired) electrons. The number of carbonyl (C=O) groups excluding carboxylic acids is 1. The zero-order valence-electron chi connectivity index (χ0n) is 9.76. The number of likely N-dealkylation sites (N-methyl/N-ethyl adjacent to an activating group) is 1. The first-order valence-electron chi connectivity index (χ1n) is 5.14. The number of rotatable bonds is 7. The smallest absolute Gasteiger partial charge is 0.233 e. The highest BCUT2D eigenvalue weighted by molar-refractivity contribution is 5.77. The van der Waals surface area contributed by atoms with Crippen molar-refractivity contribution in [3.8, 4) is 0 Å². The fourth-order valence-corrected chi connectivity index (χ4v) is 0.885. The standard InChI is InChI=1S/C10H23N3O/c1-9(2)7-12-10(14)8-11-5-6-13(3)4/h9,11H,5-8H2,1-4H3,(H,12,14). The minimum absolute atomic E-state index is 0.0810. The number of nitrogens with zero attached hydrogens (tertiary/aromatic N) is 1. The van der Waals surface area contributed by atoms with Crippen LogP contribution in [0.3, 0.4) is 0 Å². The Balaban J connectivity index is 3.27. The Morgan fingerprint density at radius 1 is 1.36 bits per heavy atom. The average Bonchev–Trinajstić information content (AvgIpc) is 2.08. The van der Waals surface area contributed by atoms with Crippen molar-refractivity contribution in [2.24, 2.45) is 5.92 Å². The summed E-state index contributed by atoms with van der Waals surface area (Å²) in [7, 11) is 4.03. The van der Waals surface area contributed by atoms with Gasteiger partial charge in [0, 0.05) is 19.6 Å². The van der Waals surface area contributed by atoms with Crippen LogP contribution >= 0.6 is 0 Å². The monoisotopic (exact) mass is 201 g/mol. The zero-order chi connectivity index (χ0) is 11.0. The van der Waals surface area contributed by atoms with Crippen molar-refractivity contribution in [2.75, 3.05) is 40.3 Å². The Morgan fingerprint density at radius 3 is 2.50 bits per heavy atom. The van der Waals surface area contributed by atoms with E-state index in [0.29, 0.717) is 12.5 Å². The predicted molar refractivity (Wildman–Crippen MR) is 59.3 cm³/mol. The molecule has 0 aromatic heterocycles. The lowest BCUT2D eigenvalue weighted by atomic mass is 10.2. The highest BCUT2D eigenvalue weighted by Crippen LogP contribution is 1.86. The van der Waals surface area contributed by atoms with Crippen molar-refractivity contribution in [3.05, 3.63) is 0 Å². The zero-order valence-corrected chi connectivity index (χ0v) is 9.76. The lowest BCUT2D eigenvalue weighted by Gasteiger charge is -2.11. The van der Waals surface area contributed by atoms with Crippen molar-refractivity contribution in [2.45, 2.75) is 13.8 Å². The molecular weight excluding hydrogens is 178 g/mol. The quantitative estimate of drug-likeness (QED) is 0.566. The van der Waals surface area contributed by atoms with E-state index in [4.69, 9.17) is 0 Å². The lowest BCUT2D eigenvalue weighted by Crippen LogP contribution is -2.38. The van der Waals surface area contributed by atoms with Crippen molar-refractivity contribution < 1.29 is 4.79 Å². The van der Waals surface area contributed by atoms with Gasteiger partial charge in [-0.2, -0.15) is 0 Å². The predicted octanol–water partition coefficient (Wildman–Crippen LogP) is -0.0902. The molecule has 0 bridgehead atoms. The molecular formula is C10H23N3O. The van der Waals surface area contributed by atoms with Crippen LogP contribution in [0, 0.1) is 5.92 Å². The Morgan fingerprint density at radius 2 is 2.00 bits per heavy atom. The molecule has 0 aromatic carbocycles. The molecule has 0 aliphatic rings. The van der Waals surface area contributed by atoms with Gasteiger partial charge in [-0.05, 0) is 20.0 Å². The van der Waals surface area contributed by atoms with Gasteiger partial charge in [-0.25, -0.2) is 0 Å². The summed E-state index contributed by atoms with van der Waals surface area (Å²) in [5.74, 6) is 0.596. The molecule has 0 aliphatic carbocycles. The Labute approximate surface area is 87.0 Å². The van der Waals surface area contributed by atoms with Crippen LogP contribution in [0.25, 0.3) is 0 Å². The van der Waals surface area contributed by atoms with Gasteiger partial charge >= 0.3 is 0 Å². The number of hydrogen-bond donors (Lipinski definition) is 2. The first-order chi connectivity index (χ1) is 6.52. The van der Waals surface area contributed by atoms with Crippen LogP contribution in [0.4, 0.5) is 0 Å². The van der Waals surface area contributed by atoms with E-state index in [9.17, 15) is 4.79 Å². The largest absolute Gasteiger partial charge is 0.355 e. The number of nitrogens with one attached hydrogen (secondary N) is 2. The number of hydrogen-bond acceptors (Lipinski definition) is 3. The van der Waals surface area contributed by atoms with E-state index < -0.39 is 0 Å². The van der Waals surface area contributed by atoms with Crippen LogP contribution in [0.15, 0.2) is 0 Å². The molecule has 0 fully saturated rings. The molecule has 0 rings (SSSR count). The van der Waals surface area contributed by atoms with Crippen LogP contribution in [0.2, 0.25) is 0 Å². The van der Waals surface area contributed by atoms with Gasteiger partial charge < -0.3 is 15.5 Å². The van der Waals surface area contributed by atoms with Gasteiger partial charge in [0.25, 0.3) is 0 Å². The molecule has 1 amide bonds. The first-order valence-corrected chi connectivity index (χ1v) is 5.14. The molecule has 0 spiro atoms. The fourth-order valence-electron chi connectivity index (χ4n) is 0.885. The summed E-state index contributed by atoms with van der Waals surface area (Å²) in [6.45, 7) is 7.15. The van der Waals surface area contributed by atoms with Gasteiger partial charge in [0.2, 0.25) is 5.91 Å². The van der Waals surface area contributed by atoms with Crippen molar-refractivity contribution in [1.29, 1.82) is 0 Å². The second kappa shape index (κ2) is 7.76. The van der Waals surface area contributed by atoms with Crippen LogP contribution in [0.5, 0.6) is 0 Å². The van der Waals surface area contributed by atoms with Crippen molar-refractivity contribution >= 4 is 5.91 Å². The molecule has 0 heterocycles. The van der Waals surface area contributed by atoms with Gasteiger partial charge in [-0.15, -0.1) is 0 Å². The van der Waals surface area contributed by atoms with Crippen LogP contribution < -0.4 is 10.6 Å². The third-order valence-corrected chi connectivity index (χ3v) is 1.73. The molecule has 14 heavy (non-hydrogen) atoms. The summed E-state index contributed by atoms with van der Waals surface area (Å²) in [5, 5.41) is 5.94. The van der Waals surface area contributed by atoms with Gasteiger partial charge in [-0.1, -0.05) is 13.8 Å². The minimum atomic E-state index is 0.0810. The summed E-state index contributed by atoms with van der Waals surface area (Å²) in [6, 6.07) is 0. The highest BCUT2D eigenvalue weighted by atomic mass is 16.1. The second-order valence-corrected chi connectivity index (χ2v) is 4.18. The third-order valence-electron chi connectivity index (χ3n) is 1.73. The highest BCUT2D eigenvalue weighted by Gasteiger charge is 2.00. The molecule has 0 saturated carbocycles. The minimum Gasteiger partial charge on any atom is -0.355 e. The van der Waals surface area contributed by atoms with E-state index in [0.717, 1.165) is 19.6 Å². The Bertz CT molecular complexity index is 157. The molecule has 0 aliphatic heterocycles. The summed E-state index contributed by atoms with van der Waals surface area (Å²) < 4.78 is 0. The topological polar surface area (TPSA) is 44.4 Å². The molecule has 0 atom stereocenters. The van der Waals surface area contributed by atoms with E-state index in [-0.39, 0.29) is 5.91 Å². The summed E-state index contributed by atoms with van der Waals surface area (Å²) in [4.78, 5) is 13.3. The Hall–Kier alpha value is -0.610. The second-order valence-electron chi connectivity index (χ2n) is 4.18. The molecule has 0 aromatic rings. The summed E-state index contributed by atoms with van der Waals surface area (Å²) >= 11 is 0. The van der Waals surface area contributed by atoms with Gasteiger partial charge in [-0.3, -0.25) is 4.79 Å². The maximum absolute atomic E-state index is 11.2. The Kier molecular flexibility index (Phi) is 7.42. The van der Waals surface area contributed by atoms with E-state index in [1.807, 2.05) is 14.1 Å². The normalized spacial score (nSPS) is 11.0. The molecule has 0 saturated heterocycles. The fraction of sp³-hybridized carbons (Fsp3) is 0.900. The average molecular weight is 201 g/mol. The molecule has 4 heteroatoms. The first kappa shape index (κ1) is 13.4. The maximum atomic E-state index is 11.2. The molecule has 4 nitrogen and oxygen atoms in total. The van der Waals surface area contributed by atoms with E-state index in [1.165, 1.54) is 0 Å². The molecule has 0 unspecified atom stereocenters.